The van der Waals surface area contributed by atoms with E-state index in [1.165, 1.54) is 36.0 Å². The molecule has 0 heterocycles. The van der Waals surface area contributed by atoms with Crippen molar-refractivity contribution in [2.24, 2.45) is 0 Å². The van der Waals surface area contributed by atoms with Gasteiger partial charge in [0, 0.05) is 17.8 Å². The second-order valence-electron chi connectivity index (χ2n) is 5.14. The average Bonchev–Trinajstić information content (AvgIpc) is 2.62. The van der Waals surface area contributed by atoms with E-state index in [-0.39, 0.29) is 29.1 Å². The SMILES string of the molecule is COc1ccccc1CNC(=O)CSCC(=O)Nc1ccc(F)cc1. The van der Waals surface area contributed by atoms with E-state index in [0.717, 1.165) is 5.56 Å². The van der Waals surface area contributed by atoms with Gasteiger partial charge in [0.05, 0.1) is 18.6 Å². The fourth-order valence-corrected chi connectivity index (χ4v) is 2.71. The number of halogens is 1. The second kappa shape index (κ2) is 9.68. The first kappa shape index (κ1) is 18.8. The third kappa shape index (κ3) is 6.46. The molecule has 7 heteroatoms. The molecule has 2 aromatic rings. The van der Waals surface area contributed by atoms with Gasteiger partial charge in [-0.15, -0.1) is 11.8 Å². The van der Waals surface area contributed by atoms with Crippen molar-refractivity contribution in [3.63, 3.8) is 0 Å². The number of nitrogens with one attached hydrogen (secondary N) is 2. The van der Waals surface area contributed by atoms with Crippen molar-refractivity contribution in [1.29, 1.82) is 0 Å². The van der Waals surface area contributed by atoms with Crippen LogP contribution in [0.2, 0.25) is 0 Å². The van der Waals surface area contributed by atoms with Crippen molar-refractivity contribution in [1.82, 2.24) is 5.32 Å². The van der Waals surface area contributed by atoms with Gasteiger partial charge in [0.15, 0.2) is 0 Å². The largest absolute Gasteiger partial charge is 0.496 e. The zero-order valence-electron chi connectivity index (χ0n) is 13.8. The van der Waals surface area contributed by atoms with Crippen LogP contribution in [0.15, 0.2) is 48.5 Å². The standard InChI is InChI=1S/C18H19FN2O3S/c1-24-16-5-3-2-4-13(16)10-20-17(22)11-25-12-18(23)21-15-8-6-14(19)7-9-15/h2-9H,10-12H2,1H3,(H,20,22)(H,21,23). The lowest BCUT2D eigenvalue weighted by molar-refractivity contribution is -0.118. The molecule has 0 bridgehead atoms. The molecule has 0 aliphatic heterocycles. The predicted molar refractivity (Wildman–Crippen MR) is 97.2 cm³/mol. The molecule has 0 saturated carbocycles. The normalized spacial score (nSPS) is 10.2. The number of benzene rings is 2. The van der Waals surface area contributed by atoms with E-state index >= 15 is 0 Å². The minimum atomic E-state index is -0.362. The summed E-state index contributed by atoms with van der Waals surface area (Å²) in [6, 6.07) is 13.0. The number of hydrogen-bond donors (Lipinski definition) is 2. The zero-order valence-corrected chi connectivity index (χ0v) is 14.6. The van der Waals surface area contributed by atoms with Crippen LogP contribution in [0.4, 0.5) is 10.1 Å². The number of carbonyl (C=O) groups is 2. The van der Waals surface area contributed by atoms with E-state index in [0.29, 0.717) is 18.0 Å². The molecule has 5 nitrogen and oxygen atoms in total. The first-order chi connectivity index (χ1) is 12.1. The Bertz CT molecular complexity index is 723. The number of para-hydroxylation sites is 1. The van der Waals surface area contributed by atoms with Crippen molar-refractivity contribution < 1.29 is 18.7 Å². The number of ether oxygens (including phenoxy) is 1. The fraction of sp³-hybridized carbons (Fsp3) is 0.222. The summed E-state index contributed by atoms with van der Waals surface area (Å²) in [4.78, 5) is 23.6. The van der Waals surface area contributed by atoms with Crippen LogP contribution in [0.25, 0.3) is 0 Å². The van der Waals surface area contributed by atoms with Crippen LogP contribution in [0.3, 0.4) is 0 Å². The van der Waals surface area contributed by atoms with Gasteiger partial charge in [-0.3, -0.25) is 9.59 Å². The van der Waals surface area contributed by atoms with Gasteiger partial charge >= 0.3 is 0 Å². The quantitative estimate of drug-likeness (QED) is 0.758. The Morgan fingerprint density at radius 2 is 1.72 bits per heavy atom. The Labute approximate surface area is 150 Å². The first-order valence-electron chi connectivity index (χ1n) is 7.60. The number of rotatable bonds is 8. The maximum absolute atomic E-state index is 12.8. The van der Waals surface area contributed by atoms with E-state index in [1.54, 1.807) is 7.11 Å². The van der Waals surface area contributed by atoms with Crippen LogP contribution in [0.5, 0.6) is 5.75 Å². The minimum absolute atomic E-state index is 0.138. The van der Waals surface area contributed by atoms with Gasteiger partial charge in [-0.1, -0.05) is 18.2 Å². The molecule has 0 saturated heterocycles. The highest BCUT2D eigenvalue weighted by atomic mass is 32.2. The summed E-state index contributed by atoms with van der Waals surface area (Å²) in [7, 11) is 1.58. The van der Waals surface area contributed by atoms with Gasteiger partial charge in [0.1, 0.15) is 11.6 Å². The van der Waals surface area contributed by atoms with Crippen molar-refractivity contribution in [2.75, 3.05) is 23.9 Å². The topological polar surface area (TPSA) is 67.4 Å². The molecule has 0 aliphatic carbocycles. The van der Waals surface area contributed by atoms with Gasteiger partial charge in [0.25, 0.3) is 0 Å². The smallest absolute Gasteiger partial charge is 0.234 e. The highest BCUT2D eigenvalue weighted by molar-refractivity contribution is 8.00. The molecule has 2 rings (SSSR count). The molecule has 0 unspecified atom stereocenters. The number of anilines is 1. The van der Waals surface area contributed by atoms with E-state index in [1.807, 2.05) is 24.3 Å². The zero-order chi connectivity index (χ0) is 18.1. The van der Waals surface area contributed by atoms with Crippen molar-refractivity contribution in [3.05, 3.63) is 59.9 Å². The maximum Gasteiger partial charge on any atom is 0.234 e. The predicted octanol–water partition coefficient (Wildman–Crippen LogP) is 2.82. The van der Waals surface area contributed by atoms with Gasteiger partial charge < -0.3 is 15.4 Å². The summed E-state index contributed by atoms with van der Waals surface area (Å²) in [5.41, 5.74) is 1.41. The molecule has 0 fully saturated rings. The average molecular weight is 362 g/mol. The van der Waals surface area contributed by atoms with Crippen molar-refractivity contribution in [2.45, 2.75) is 6.54 Å². The Kier molecular flexibility index (Phi) is 7.28. The van der Waals surface area contributed by atoms with E-state index in [4.69, 9.17) is 4.74 Å². The fourth-order valence-electron chi connectivity index (χ4n) is 2.06. The van der Waals surface area contributed by atoms with E-state index in [2.05, 4.69) is 10.6 Å². The molecule has 0 spiro atoms. The Morgan fingerprint density at radius 3 is 2.44 bits per heavy atom. The van der Waals surface area contributed by atoms with Gasteiger partial charge in [-0.05, 0) is 30.3 Å². The number of thioether (sulfide) groups is 1. The van der Waals surface area contributed by atoms with Crippen LogP contribution >= 0.6 is 11.8 Å². The highest BCUT2D eigenvalue weighted by Gasteiger charge is 2.08. The molecule has 0 aliphatic rings. The monoisotopic (exact) mass is 362 g/mol. The molecule has 2 amide bonds. The Morgan fingerprint density at radius 1 is 1.04 bits per heavy atom. The van der Waals surface area contributed by atoms with E-state index < -0.39 is 0 Å². The van der Waals surface area contributed by atoms with Crippen LogP contribution in [0.1, 0.15) is 5.56 Å². The first-order valence-corrected chi connectivity index (χ1v) is 8.75. The molecule has 0 radical (unpaired) electrons. The van der Waals surface area contributed by atoms with Gasteiger partial charge in [-0.2, -0.15) is 0 Å². The van der Waals surface area contributed by atoms with Crippen LogP contribution in [-0.2, 0) is 16.1 Å². The Balaban J connectivity index is 1.68. The Hall–Kier alpha value is -2.54. The van der Waals surface area contributed by atoms with Crippen LogP contribution in [0, 0.1) is 5.82 Å². The molecular formula is C18H19FN2O3S. The molecule has 132 valence electrons. The molecule has 2 N–H and O–H groups in total. The summed E-state index contributed by atoms with van der Waals surface area (Å²) in [5, 5.41) is 5.43. The number of hydrogen-bond acceptors (Lipinski definition) is 4. The lowest BCUT2D eigenvalue weighted by Crippen LogP contribution is -2.25. The summed E-state index contributed by atoms with van der Waals surface area (Å²) >= 11 is 1.21. The third-order valence-corrected chi connectivity index (χ3v) is 4.20. The van der Waals surface area contributed by atoms with Crippen LogP contribution < -0.4 is 15.4 Å². The van der Waals surface area contributed by atoms with Gasteiger partial charge in [-0.25, -0.2) is 4.39 Å². The minimum Gasteiger partial charge on any atom is -0.496 e. The van der Waals surface area contributed by atoms with Crippen molar-refractivity contribution in [3.8, 4) is 5.75 Å². The van der Waals surface area contributed by atoms with Crippen LogP contribution in [-0.4, -0.2) is 30.4 Å². The lowest BCUT2D eigenvalue weighted by atomic mass is 10.2. The second-order valence-corrected chi connectivity index (χ2v) is 6.12. The molecule has 25 heavy (non-hydrogen) atoms. The van der Waals surface area contributed by atoms with E-state index in [9.17, 15) is 14.0 Å². The number of amides is 2. The summed E-state index contributed by atoms with van der Waals surface area (Å²) in [5.74, 6) is 0.263. The summed E-state index contributed by atoms with van der Waals surface area (Å²) in [6.07, 6.45) is 0. The summed E-state index contributed by atoms with van der Waals surface area (Å²) < 4.78 is 18.0. The maximum atomic E-state index is 12.8. The highest BCUT2D eigenvalue weighted by Crippen LogP contribution is 2.16. The molecule has 0 aromatic heterocycles. The molecular weight excluding hydrogens is 343 g/mol. The molecule has 0 atom stereocenters. The third-order valence-electron chi connectivity index (χ3n) is 3.26. The van der Waals surface area contributed by atoms with Crippen molar-refractivity contribution >= 4 is 29.3 Å². The lowest BCUT2D eigenvalue weighted by Gasteiger charge is -2.09. The van der Waals surface area contributed by atoms with Gasteiger partial charge in [0.2, 0.25) is 11.8 Å². The summed E-state index contributed by atoms with van der Waals surface area (Å²) in [6.45, 7) is 0.366. The number of methoxy groups -OCH3 is 1. The molecule has 2 aromatic carbocycles. The number of carbonyl (C=O) groups excluding carboxylic acids is 2.